The average Bonchev–Trinajstić information content (AvgIpc) is 2.36. The largest absolute Gasteiger partial charge is 0.340 e. The quantitative estimate of drug-likeness (QED) is 0.753. The van der Waals surface area contributed by atoms with Crippen LogP contribution in [0.1, 0.15) is 13.3 Å². The molecule has 5 heteroatoms. The van der Waals surface area contributed by atoms with Gasteiger partial charge in [0.05, 0.1) is 0 Å². The molecular formula is C12H25N3OS. The van der Waals surface area contributed by atoms with E-state index in [2.05, 4.69) is 30.4 Å². The highest BCUT2D eigenvalue weighted by Crippen LogP contribution is 2.05. The van der Waals surface area contributed by atoms with E-state index in [0.717, 1.165) is 38.5 Å². The third kappa shape index (κ3) is 5.27. The van der Waals surface area contributed by atoms with Crippen LogP contribution in [0.15, 0.2) is 0 Å². The molecule has 0 aliphatic carbocycles. The molecule has 1 unspecified atom stereocenters. The van der Waals surface area contributed by atoms with Crippen molar-refractivity contribution in [1.29, 1.82) is 0 Å². The second-order valence-corrected chi connectivity index (χ2v) is 5.58. The molecule has 17 heavy (non-hydrogen) atoms. The smallest absolute Gasteiger partial charge is 0.223 e. The van der Waals surface area contributed by atoms with Crippen molar-refractivity contribution in [3.63, 3.8) is 0 Å². The normalized spacial score (nSPS) is 18.5. The Hall–Kier alpha value is -0.260. The summed E-state index contributed by atoms with van der Waals surface area (Å²) >= 11 is 1.86. The van der Waals surface area contributed by atoms with E-state index in [1.807, 2.05) is 16.7 Å². The van der Waals surface area contributed by atoms with E-state index in [1.165, 1.54) is 0 Å². The third-order valence-electron chi connectivity index (χ3n) is 3.31. The van der Waals surface area contributed by atoms with Crippen molar-refractivity contribution in [2.45, 2.75) is 19.4 Å². The van der Waals surface area contributed by atoms with Gasteiger partial charge in [-0.2, -0.15) is 11.8 Å². The maximum atomic E-state index is 11.9. The van der Waals surface area contributed by atoms with Crippen LogP contribution >= 0.6 is 11.8 Å². The molecule has 1 heterocycles. The van der Waals surface area contributed by atoms with E-state index in [0.29, 0.717) is 18.4 Å². The Balaban J connectivity index is 2.22. The Bertz CT molecular complexity index is 232. The van der Waals surface area contributed by atoms with E-state index in [1.54, 1.807) is 0 Å². The summed E-state index contributed by atoms with van der Waals surface area (Å²) in [5.41, 5.74) is 0. The van der Waals surface area contributed by atoms with Crippen molar-refractivity contribution in [3.8, 4) is 0 Å². The highest BCUT2D eigenvalue weighted by molar-refractivity contribution is 7.98. The Morgan fingerprint density at radius 3 is 2.71 bits per heavy atom. The van der Waals surface area contributed by atoms with Crippen molar-refractivity contribution >= 4 is 17.7 Å². The number of amides is 1. The summed E-state index contributed by atoms with van der Waals surface area (Å²) in [7, 11) is 2.10. The maximum Gasteiger partial charge on any atom is 0.223 e. The Kier molecular flexibility index (Phi) is 6.92. The van der Waals surface area contributed by atoms with Gasteiger partial charge in [0.1, 0.15) is 0 Å². The molecule has 1 fully saturated rings. The number of piperazine rings is 1. The first-order valence-electron chi connectivity index (χ1n) is 6.33. The molecule has 4 nitrogen and oxygen atoms in total. The fourth-order valence-corrected chi connectivity index (χ4v) is 2.67. The van der Waals surface area contributed by atoms with Crippen LogP contribution in [0.25, 0.3) is 0 Å². The van der Waals surface area contributed by atoms with Crippen LogP contribution in [0.3, 0.4) is 0 Å². The Labute approximate surface area is 109 Å². The minimum atomic E-state index is 0.301. The second kappa shape index (κ2) is 7.95. The summed E-state index contributed by atoms with van der Waals surface area (Å²) in [5, 5.41) is 3.26. The molecule has 0 aromatic heterocycles. The van der Waals surface area contributed by atoms with Gasteiger partial charge in [0.25, 0.3) is 0 Å². The maximum absolute atomic E-state index is 11.9. The molecule has 0 bridgehead atoms. The first-order valence-corrected chi connectivity index (χ1v) is 7.72. The van der Waals surface area contributed by atoms with Crippen LogP contribution in [0.5, 0.6) is 0 Å². The number of nitrogens with zero attached hydrogens (tertiary/aromatic N) is 2. The molecule has 1 aliphatic rings. The third-order valence-corrected chi connectivity index (χ3v) is 4.12. The fourth-order valence-electron chi connectivity index (χ4n) is 1.93. The second-order valence-electron chi connectivity index (χ2n) is 4.67. The lowest BCUT2D eigenvalue weighted by Gasteiger charge is -2.29. The molecule has 0 aromatic rings. The lowest BCUT2D eigenvalue weighted by atomic mass is 10.2. The highest BCUT2D eigenvalue weighted by Gasteiger charge is 2.17. The van der Waals surface area contributed by atoms with Gasteiger partial charge >= 0.3 is 0 Å². The predicted octanol–water partition coefficient (Wildman–Crippen LogP) is 0.492. The molecular weight excluding hydrogens is 234 g/mol. The Morgan fingerprint density at radius 2 is 2.12 bits per heavy atom. The van der Waals surface area contributed by atoms with Gasteiger partial charge in [-0.05, 0) is 20.2 Å². The number of hydrogen-bond acceptors (Lipinski definition) is 4. The minimum Gasteiger partial charge on any atom is -0.340 e. The van der Waals surface area contributed by atoms with E-state index in [-0.39, 0.29) is 0 Å². The van der Waals surface area contributed by atoms with Crippen molar-refractivity contribution in [1.82, 2.24) is 15.1 Å². The number of thioether (sulfide) groups is 1. The van der Waals surface area contributed by atoms with E-state index in [4.69, 9.17) is 0 Å². The van der Waals surface area contributed by atoms with Crippen molar-refractivity contribution in [2.75, 3.05) is 51.8 Å². The number of nitrogens with one attached hydrogen (secondary N) is 1. The summed E-state index contributed by atoms with van der Waals surface area (Å²) in [4.78, 5) is 16.2. The molecule has 0 radical (unpaired) electrons. The number of hydrogen-bond donors (Lipinski definition) is 1. The van der Waals surface area contributed by atoms with Gasteiger partial charge in [0, 0.05) is 50.9 Å². The van der Waals surface area contributed by atoms with Gasteiger partial charge in [-0.3, -0.25) is 4.79 Å². The van der Waals surface area contributed by atoms with Gasteiger partial charge < -0.3 is 15.1 Å². The minimum absolute atomic E-state index is 0.301. The molecule has 1 atom stereocenters. The van der Waals surface area contributed by atoms with Crippen LogP contribution in [0.2, 0.25) is 0 Å². The monoisotopic (exact) mass is 259 g/mol. The molecule has 0 spiro atoms. The fraction of sp³-hybridized carbons (Fsp3) is 0.917. The lowest BCUT2D eigenvalue weighted by molar-refractivity contribution is -0.132. The van der Waals surface area contributed by atoms with E-state index in [9.17, 15) is 4.79 Å². The molecule has 0 aromatic carbocycles. The van der Waals surface area contributed by atoms with Gasteiger partial charge in [0.15, 0.2) is 0 Å². The zero-order valence-electron chi connectivity index (χ0n) is 11.2. The van der Waals surface area contributed by atoms with Crippen LogP contribution < -0.4 is 5.32 Å². The zero-order valence-corrected chi connectivity index (χ0v) is 12.1. The zero-order chi connectivity index (χ0) is 12.7. The summed E-state index contributed by atoms with van der Waals surface area (Å²) in [6.07, 6.45) is 2.77. The van der Waals surface area contributed by atoms with E-state index < -0.39 is 0 Å². The van der Waals surface area contributed by atoms with Crippen LogP contribution in [0, 0.1) is 0 Å². The first kappa shape index (κ1) is 14.8. The van der Waals surface area contributed by atoms with Gasteiger partial charge in [0.2, 0.25) is 5.91 Å². The topological polar surface area (TPSA) is 35.6 Å². The molecule has 1 amide bonds. The summed E-state index contributed by atoms with van der Waals surface area (Å²) in [6.45, 7) is 6.68. The van der Waals surface area contributed by atoms with Crippen LogP contribution in [-0.2, 0) is 4.79 Å². The van der Waals surface area contributed by atoms with Crippen LogP contribution in [-0.4, -0.2) is 73.5 Å². The first-order chi connectivity index (χ1) is 8.15. The standard InChI is InChI=1S/C12H25N3OS/c1-11(10-17-3)14(2)7-4-12(16)15-8-5-13-6-9-15/h11,13H,4-10H2,1-3H3. The predicted molar refractivity (Wildman–Crippen MR) is 74.5 cm³/mol. The van der Waals surface area contributed by atoms with Crippen molar-refractivity contribution in [2.24, 2.45) is 0 Å². The van der Waals surface area contributed by atoms with Crippen molar-refractivity contribution < 1.29 is 4.79 Å². The summed E-state index contributed by atoms with van der Waals surface area (Å²) in [6, 6.07) is 0.542. The Morgan fingerprint density at radius 1 is 1.47 bits per heavy atom. The molecule has 1 aliphatic heterocycles. The number of rotatable bonds is 6. The molecule has 1 N–H and O–H groups in total. The summed E-state index contributed by atoms with van der Waals surface area (Å²) < 4.78 is 0. The molecule has 0 saturated carbocycles. The highest BCUT2D eigenvalue weighted by atomic mass is 32.2. The van der Waals surface area contributed by atoms with Crippen LogP contribution in [0.4, 0.5) is 0 Å². The van der Waals surface area contributed by atoms with Gasteiger partial charge in [-0.1, -0.05) is 0 Å². The average molecular weight is 259 g/mol. The summed E-state index contributed by atoms with van der Waals surface area (Å²) in [5.74, 6) is 1.42. The van der Waals surface area contributed by atoms with E-state index >= 15 is 0 Å². The lowest BCUT2D eigenvalue weighted by Crippen LogP contribution is -2.47. The van der Waals surface area contributed by atoms with Gasteiger partial charge in [-0.15, -0.1) is 0 Å². The SMILES string of the molecule is CSCC(C)N(C)CCC(=O)N1CCNCC1. The molecule has 100 valence electrons. The molecule has 1 rings (SSSR count). The number of carbonyl (C=O) groups is 1. The van der Waals surface area contributed by atoms with Gasteiger partial charge in [-0.25, -0.2) is 0 Å². The van der Waals surface area contributed by atoms with Crippen molar-refractivity contribution in [3.05, 3.63) is 0 Å². The number of carbonyl (C=O) groups excluding carboxylic acids is 1. The molecule has 1 saturated heterocycles.